The van der Waals surface area contributed by atoms with Gasteiger partial charge in [0, 0.05) is 18.1 Å². The Labute approximate surface area is 138 Å². The van der Waals surface area contributed by atoms with Crippen molar-refractivity contribution >= 4 is 16.9 Å². The molecule has 0 saturated carbocycles. The van der Waals surface area contributed by atoms with Gasteiger partial charge < -0.3 is 9.47 Å². The average molecular weight is 313 g/mol. The predicted octanol–water partition coefficient (Wildman–Crippen LogP) is 3.95. The second kappa shape index (κ2) is 6.34. The van der Waals surface area contributed by atoms with Crippen LogP contribution in [0.3, 0.4) is 0 Å². The van der Waals surface area contributed by atoms with Crippen molar-refractivity contribution in [3.63, 3.8) is 0 Å². The summed E-state index contributed by atoms with van der Waals surface area (Å²) in [5.41, 5.74) is 3.17. The molecule has 0 radical (unpaired) electrons. The Morgan fingerprint density at radius 3 is 2.61 bits per heavy atom. The van der Waals surface area contributed by atoms with Crippen molar-refractivity contribution in [3.05, 3.63) is 30.1 Å². The van der Waals surface area contributed by atoms with Gasteiger partial charge in [0.15, 0.2) is 0 Å². The minimum absolute atomic E-state index is 0.243. The summed E-state index contributed by atoms with van der Waals surface area (Å²) < 4.78 is 2.16. The van der Waals surface area contributed by atoms with Gasteiger partial charge in [-0.25, -0.2) is 4.98 Å². The number of amides is 1. The van der Waals surface area contributed by atoms with Crippen LogP contribution in [0.4, 0.5) is 0 Å². The third kappa shape index (κ3) is 3.12. The van der Waals surface area contributed by atoms with E-state index in [0.29, 0.717) is 24.5 Å². The Morgan fingerprint density at radius 2 is 1.96 bits per heavy atom. The Kier molecular flexibility index (Phi) is 4.42. The molecule has 1 aliphatic heterocycles. The molecule has 0 aliphatic carbocycles. The normalized spacial score (nSPS) is 22.0. The fourth-order valence-corrected chi connectivity index (χ4v) is 3.78. The summed E-state index contributed by atoms with van der Waals surface area (Å²) in [5.74, 6) is 0.243. The molecule has 1 amide bonds. The number of carbonyl (C=O) groups excluding carboxylic acids is 1. The van der Waals surface area contributed by atoms with E-state index >= 15 is 0 Å². The fraction of sp³-hybridized carbons (Fsp3) is 0.579. The fourth-order valence-electron chi connectivity index (χ4n) is 3.78. The van der Waals surface area contributed by atoms with E-state index < -0.39 is 0 Å². The molecule has 1 aromatic heterocycles. The van der Waals surface area contributed by atoms with Crippen LogP contribution in [0.1, 0.15) is 58.6 Å². The summed E-state index contributed by atoms with van der Waals surface area (Å²) in [5, 5.41) is 0. The second-order valence-electron chi connectivity index (χ2n) is 7.18. The Morgan fingerprint density at radius 1 is 1.26 bits per heavy atom. The molecule has 2 unspecified atom stereocenters. The van der Waals surface area contributed by atoms with Crippen molar-refractivity contribution in [2.24, 2.45) is 0 Å². The van der Waals surface area contributed by atoms with E-state index in [0.717, 1.165) is 29.4 Å². The zero-order valence-corrected chi connectivity index (χ0v) is 14.6. The van der Waals surface area contributed by atoms with Gasteiger partial charge in [-0.2, -0.15) is 0 Å². The number of likely N-dealkylation sites (tertiary alicyclic amines) is 1. The zero-order valence-electron chi connectivity index (χ0n) is 14.6. The van der Waals surface area contributed by atoms with Crippen LogP contribution in [-0.2, 0) is 11.2 Å². The van der Waals surface area contributed by atoms with Crippen molar-refractivity contribution in [1.82, 2.24) is 14.5 Å². The number of carbonyl (C=O) groups is 1. The van der Waals surface area contributed by atoms with E-state index in [9.17, 15) is 4.79 Å². The predicted molar refractivity (Wildman–Crippen MR) is 93.4 cm³/mol. The van der Waals surface area contributed by atoms with Crippen LogP contribution >= 0.6 is 0 Å². The monoisotopic (exact) mass is 313 g/mol. The standard InChI is InChI=1S/C19H27N3O/c1-13(2)21-12-20-17-10-16(8-9-18(17)21)11-19(23)22-14(3)6-5-7-15(22)4/h8-10,12-15H,5-7,11H2,1-4H3. The molecule has 1 saturated heterocycles. The van der Waals surface area contributed by atoms with Gasteiger partial charge in [-0.15, -0.1) is 0 Å². The topological polar surface area (TPSA) is 38.1 Å². The summed E-state index contributed by atoms with van der Waals surface area (Å²) >= 11 is 0. The minimum atomic E-state index is 0.243. The van der Waals surface area contributed by atoms with Crippen molar-refractivity contribution in [2.45, 2.75) is 71.5 Å². The summed E-state index contributed by atoms with van der Waals surface area (Å²) in [6.45, 7) is 8.64. The highest BCUT2D eigenvalue weighted by Crippen LogP contribution is 2.24. The maximum Gasteiger partial charge on any atom is 0.227 e. The molecule has 124 valence electrons. The van der Waals surface area contributed by atoms with E-state index in [4.69, 9.17) is 0 Å². The lowest BCUT2D eigenvalue weighted by atomic mass is 9.96. The summed E-state index contributed by atoms with van der Waals surface area (Å²) in [6, 6.07) is 7.33. The Hall–Kier alpha value is -1.84. The molecule has 1 aromatic carbocycles. The van der Waals surface area contributed by atoms with Crippen LogP contribution in [0.25, 0.3) is 11.0 Å². The molecule has 0 spiro atoms. The molecule has 0 bridgehead atoms. The number of nitrogens with zero attached hydrogens (tertiary/aromatic N) is 3. The molecular weight excluding hydrogens is 286 g/mol. The van der Waals surface area contributed by atoms with E-state index in [-0.39, 0.29) is 5.91 Å². The van der Waals surface area contributed by atoms with Gasteiger partial charge in [0.25, 0.3) is 0 Å². The molecule has 23 heavy (non-hydrogen) atoms. The summed E-state index contributed by atoms with van der Waals surface area (Å²) in [6.07, 6.45) is 5.82. The van der Waals surface area contributed by atoms with E-state index in [2.05, 4.69) is 60.3 Å². The largest absolute Gasteiger partial charge is 0.337 e. The quantitative estimate of drug-likeness (QED) is 0.860. The number of piperidine rings is 1. The number of benzene rings is 1. The molecule has 4 nitrogen and oxygen atoms in total. The smallest absolute Gasteiger partial charge is 0.227 e. The highest BCUT2D eigenvalue weighted by Gasteiger charge is 2.28. The Bertz CT molecular complexity index is 694. The zero-order chi connectivity index (χ0) is 16.6. The molecule has 1 fully saturated rings. The van der Waals surface area contributed by atoms with E-state index in [1.807, 2.05) is 6.33 Å². The lowest BCUT2D eigenvalue weighted by Crippen LogP contribution is -2.48. The van der Waals surface area contributed by atoms with Crippen molar-refractivity contribution in [1.29, 1.82) is 0 Å². The van der Waals surface area contributed by atoms with Crippen molar-refractivity contribution < 1.29 is 4.79 Å². The van der Waals surface area contributed by atoms with Crippen LogP contribution in [0.15, 0.2) is 24.5 Å². The van der Waals surface area contributed by atoms with Crippen molar-refractivity contribution in [2.75, 3.05) is 0 Å². The maximum atomic E-state index is 12.7. The number of fused-ring (bicyclic) bond motifs is 1. The van der Waals surface area contributed by atoms with Crippen molar-refractivity contribution in [3.8, 4) is 0 Å². The molecule has 1 aliphatic rings. The van der Waals surface area contributed by atoms with Gasteiger partial charge in [0.05, 0.1) is 23.8 Å². The number of hydrogen-bond donors (Lipinski definition) is 0. The van der Waals surface area contributed by atoms with Crippen LogP contribution in [-0.4, -0.2) is 32.4 Å². The third-order valence-electron chi connectivity index (χ3n) is 5.03. The molecular formula is C19H27N3O. The van der Waals surface area contributed by atoms with Gasteiger partial charge in [-0.05, 0) is 64.7 Å². The average Bonchev–Trinajstić information content (AvgIpc) is 2.90. The van der Waals surface area contributed by atoms with Crippen LogP contribution in [0, 0.1) is 0 Å². The first kappa shape index (κ1) is 16.0. The first-order chi connectivity index (χ1) is 11.0. The van der Waals surface area contributed by atoms with Gasteiger partial charge in [-0.3, -0.25) is 4.79 Å². The number of hydrogen-bond acceptors (Lipinski definition) is 2. The Balaban J connectivity index is 1.79. The lowest BCUT2D eigenvalue weighted by molar-refractivity contribution is -0.136. The minimum Gasteiger partial charge on any atom is -0.337 e. The van der Waals surface area contributed by atoms with Crippen LogP contribution < -0.4 is 0 Å². The van der Waals surface area contributed by atoms with E-state index in [1.54, 1.807) is 0 Å². The summed E-state index contributed by atoms with van der Waals surface area (Å²) in [7, 11) is 0. The third-order valence-corrected chi connectivity index (χ3v) is 5.03. The lowest BCUT2D eigenvalue weighted by Gasteiger charge is -2.39. The van der Waals surface area contributed by atoms with Crippen LogP contribution in [0.5, 0.6) is 0 Å². The SMILES string of the molecule is CC1CCCC(C)N1C(=O)Cc1ccc2c(c1)ncn2C(C)C. The highest BCUT2D eigenvalue weighted by molar-refractivity contribution is 5.82. The number of imidazole rings is 1. The maximum absolute atomic E-state index is 12.7. The highest BCUT2D eigenvalue weighted by atomic mass is 16.2. The number of aromatic nitrogens is 2. The van der Waals surface area contributed by atoms with Gasteiger partial charge >= 0.3 is 0 Å². The molecule has 3 rings (SSSR count). The molecule has 4 heteroatoms. The number of rotatable bonds is 3. The molecule has 2 heterocycles. The van der Waals surface area contributed by atoms with Gasteiger partial charge in [0.2, 0.25) is 5.91 Å². The van der Waals surface area contributed by atoms with Crippen LogP contribution in [0.2, 0.25) is 0 Å². The van der Waals surface area contributed by atoms with E-state index in [1.165, 1.54) is 6.42 Å². The second-order valence-corrected chi connectivity index (χ2v) is 7.18. The first-order valence-corrected chi connectivity index (χ1v) is 8.74. The summed E-state index contributed by atoms with van der Waals surface area (Å²) in [4.78, 5) is 19.3. The van der Waals surface area contributed by atoms with Gasteiger partial charge in [-0.1, -0.05) is 6.07 Å². The molecule has 0 N–H and O–H groups in total. The van der Waals surface area contributed by atoms with Gasteiger partial charge in [0.1, 0.15) is 0 Å². The molecule has 2 atom stereocenters. The first-order valence-electron chi connectivity index (χ1n) is 8.74. The molecule has 2 aromatic rings.